The number of amides is 1. The van der Waals surface area contributed by atoms with Crippen molar-refractivity contribution in [3.8, 4) is 0 Å². The Morgan fingerprint density at radius 1 is 0.658 bits per heavy atom. The predicted molar refractivity (Wildman–Crippen MR) is 145 cm³/mol. The molecule has 1 amide bonds. The number of benzene rings is 4. The van der Waals surface area contributed by atoms with Crippen LogP contribution in [0.3, 0.4) is 0 Å². The first-order valence-corrected chi connectivity index (χ1v) is 14.4. The molecule has 0 atom stereocenters. The lowest BCUT2D eigenvalue weighted by atomic mass is 10.2. The van der Waals surface area contributed by atoms with Crippen LogP contribution in [0.25, 0.3) is 0 Å². The van der Waals surface area contributed by atoms with Crippen molar-refractivity contribution in [2.45, 2.75) is 9.79 Å². The van der Waals surface area contributed by atoms with Crippen molar-refractivity contribution in [1.82, 2.24) is 0 Å². The van der Waals surface area contributed by atoms with Gasteiger partial charge in [-0.2, -0.15) is 0 Å². The molecule has 0 radical (unpaired) electrons. The maximum Gasteiger partial charge on any atom is 0.261 e. The zero-order chi connectivity index (χ0) is 27.5. The number of rotatable bonds is 8. The number of anilines is 3. The molecule has 0 heterocycles. The van der Waals surface area contributed by atoms with E-state index in [0.717, 1.165) is 18.2 Å². The van der Waals surface area contributed by atoms with E-state index in [1.165, 1.54) is 54.6 Å². The minimum absolute atomic E-state index is 0.00799. The Balaban J connectivity index is 1.50. The van der Waals surface area contributed by atoms with Crippen LogP contribution in [0.5, 0.6) is 0 Å². The number of nitrogens with one attached hydrogen (secondary N) is 3. The third-order valence-corrected chi connectivity index (χ3v) is 8.55. The third kappa shape index (κ3) is 6.43. The number of para-hydroxylation sites is 1. The summed E-state index contributed by atoms with van der Waals surface area (Å²) in [7, 11) is -8.07. The van der Waals surface area contributed by atoms with Crippen LogP contribution in [0.2, 0.25) is 10.0 Å². The van der Waals surface area contributed by atoms with Crippen LogP contribution < -0.4 is 14.8 Å². The number of sulfonamides is 2. The molecule has 0 aliphatic heterocycles. The summed E-state index contributed by atoms with van der Waals surface area (Å²) in [6.07, 6.45) is 0. The maximum atomic E-state index is 13.1. The number of hydrogen-bond donors (Lipinski definition) is 3. The molecule has 0 aliphatic rings. The summed E-state index contributed by atoms with van der Waals surface area (Å²) in [6.45, 7) is 0. The standard InChI is InChI=1S/C25H18Cl2FN3O5S2/c26-22-14-13-20(38(35,36)30-18-7-5-16(28)6-8-18)15-21(22)25(32)29-17-9-11-19(12-10-17)37(33,34)31-24-4-2-1-3-23(24)27/h1-15,30-31H,(H,29,32). The van der Waals surface area contributed by atoms with Crippen LogP contribution in [0.4, 0.5) is 21.5 Å². The molecule has 4 aromatic rings. The van der Waals surface area contributed by atoms with Gasteiger partial charge in [0.25, 0.3) is 26.0 Å². The highest BCUT2D eigenvalue weighted by atomic mass is 35.5. The van der Waals surface area contributed by atoms with Crippen molar-refractivity contribution >= 4 is 66.2 Å². The highest BCUT2D eigenvalue weighted by molar-refractivity contribution is 7.93. The van der Waals surface area contributed by atoms with E-state index in [2.05, 4.69) is 14.8 Å². The second-order valence-corrected chi connectivity index (χ2v) is 12.0. The normalized spacial score (nSPS) is 11.6. The fourth-order valence-electron chi connectivity index (χ4n) is 3.24. The zero-order valence-corrected chi connectivity index (χ0v) is 22.3. The highest BCUT2D eigenvalue weighted by Gasteiger charge is 2.20. The molecule has 0 unspecified atom stereocenters. The van der Waals surface area contributed by atoms with Gasteiger partial charge in [0, 0.05) is 11.4 Å². The van der Waals surface area contributed by atoms with E-state index in [4.69, 9.17) is 23.2 Å². The van der Waals surface area contributed by atoms with Gasteiger partial charge in [-0.1, -0.05) is 35.3 Å². The fraction of sp³-hybridized carbons (Fsp3) is 0. The minimum Gasteiger partial charge on any atom is -0.322 e. The van der Waals surface area contributed by atoms with E-state index >= 15 is 0 Å². The van der Waals surface area contributed by atoms with E-state index in [0.29, 0.717) is 0 Å². The van der Waals surface area contributed by atoms with E-state index in [1.807, 2.05) is 0 Å². The fourth-order valence-corrected chi connectivity index (χ4v) is 5.85. The lowest BCUT2D eigenvalue weighted by molar-refractivity contribution is 0.102. The summed E-state index contributed by atoms with van der Waals surface area (Å²) in [6, 6.07) is 19.9. The topological polar surface area (TPSA) is 121 Å². The van der Waals surface area contributed by atoms with Crippen LogP contribution in [0.15, 0.2) is 101 Å². The largest absolute Gasteiger partial charge is 0.322 e. The van der Waals surface area contributed by atoms with E-state index < -0.39 is 31.8 Å². The van der Waals surface area contributed by atoms with Gasteiger partial charge in [-0.05, 0) is 78.9 Å². The van der Waals surface area contributed by atoms with Crippen LogP contribution in [-0.4, -0.2) is 22.7 Å². The van der Waals surface area contributed by atoms with Crippen molar-refractivity contribution in [3.05, 3.63) is 112 Å². The van der Waals surface area contributed by atoms with Gasteiger partial charge in [0.15, 0.2) is 0 Å². The molecule has 0 saturated heterocycles. The summed E-state index contributed by atoms with van der Waals surface area (Å²) in [5.41, 5.74) is 0.447. The summed E-state index contributed by atoms with van der Waals surface area (Å²) in [5.74, 6) is -1.25. The first-order valence-electron chi connectivity index (χ1n) is 10.7. The van der Waals surface area contributed by atoms with Crippen LogP contribution in [0.1, 0.15) is 10.4 Å². The molecule has 8 nitrogen and oxygen atoms in total. The van der Waals surface area contributed by atoms with E-state index in [1.54, 1.807) is 18.2 Å². The molecule has 4 aromatic carbocycles. The molecule has 0 bridgehead atoms. The second-order valence-electron chi connectivity index (χ2n) is 7.82. The van der Waals surface area contributed by atoms with Gasteiger partial charge < -0.3 is 5.32 Å². The van der Waals surface area contributed by atoms with Gasteiger partial charge in [0.1, 0.15) is 5.82 Å². The first-order chi connectivity index (χ1) is 17.9. The minimum atomic E-state index is -4.12. The van der Waals surface area contributed by atoms with Crippen LogP contribution >= 0.6 is 23.2 Å². The second kappa shape index (κ2) is 11.0. The zero-order valence-electron chi connectivity index (χ0n) is 19.2. The number of carbonyl (C=O) groups is 1. The quantitative estimate of drug-likeness (QED) is 0.232. The SMILES string of the molecule is O=C(Nc1ccc(S(=O)(=O)Nc2ccccc2Cl)cc1)c1cc(S(=O)(=O)Nc2ccc(F)cc2)ccc1Cl. The summed E-state index contributed by atoms with van der Waals surface area (Å²) in [5, 5.41) is 2.78. The Bertz CT molecular complexity index is 1720. The van der Waals surface area contributed by atoms with Crippen molar-refractivity contribution in [1.29, 1.82) is 0 Å². The van der Waals surface area contributed by atoms with Gasteiger partial charge in [-0.15, -0.1) is 0 Å². The maximum absolute atomic E-state index is 13.1. The Labute approximate surface area is 228 Å². The van der Waals surface area contributed by atoms with Crippen LogP contribution in [0, 0.1) is 5.82 Å². The van der Waals surface area contributed by atoms with Gasteiger partial charge in [-0.3, -0.25) is 14.2 Å². The predicted octanol–water partition coefficient (Wildman–Crippen LogP) is 5.99. The molecule has 0 saturated carbocycles. The summed E-state index contributed by atoms with van der Waals surface area (Å²) >= 11 is 12.2. The first kappa shape index (κ1) is 27.4. The number of hydrogen-bond acceptors (Lipinski definition) is 5. The highest BCUT2D eigenvalue weighted by Crippen LogP contribution is 2.26. The molecule has 0 fully saturated rings. The average molecular weight is 594 g/mol. The van der Waals surface area contributed by atoms with Gasteiger partial charge in [-0.25, -0.2) is 21.2 Å². The Kier molecular flexibility index (Phi) is 7.93. The number of halogens is 3. The molecule has 13 heteroatoms. The van der Waals surface area contributed by atoms with Gasteiger partial charge in [0.2, 0.25) is 0 Å². The van der Waals surface area contributed by atoms with E-state index in [-0.39, 0.29) is 42.5 Å². The van der Waals surface area contributed by atoms with Crippen molar-refractivity contribution in [2.75, 3.05) is 14.8 Å². The van der Waals surface area contributed by atoms with Crippen molar-refractivity contribution < 1.29 is 26.0 Å². The Morgan fingerprint density at radius 2 is 1.24 bits per heavy atom. The molecule has 4 rings (SSSR count). The van der Waals surface area contributed by atoms with Gasteiger partial charge in [0.05, 0.1) is 31.1 Å². The molecular formula is C25H18Cl2FN3O5S2. The lowest BCUT2D eigenvalue weighted by Crippen LogP contribution is -2.17. The van der Waals surface area contributed by atoms with Crippen LogP contribution in [-0.2, 0) is 20.0 Å². The van der Waals surface area contributed by atoms with E-state index in [9.17, 15) is 26.0 Å². The molecule has 196 valence electrons. The molecule has 3 N–H and O–H groups in total. The molecule has 0 spiro atoms. The van der Waals surface area contributed by atoms with Crippen molar-refractivity contribution in [3.63, 3.8) is 0 Å². The summed E-state index contributed by atoms with van der Waals surface area (Å²) in [4.78, 5) is 12.6. The molecule has 38 heavy (non-hydrogen) atoms. The molecule has 0 aromatic heterocycles. The monoisotopic (exact) mass is 593 g/mol. The Morgan fingerprint density at radius 3 is 1.89 bits per heavy atom. The average Bonchev–Trinajstić information content (AvgIpc) is 2.87. The lowest BCUT2D eigenvalue weighted by Gasteiger charge is -2.12. The molecule has 0 aliphatic carbocycles. The van der Waals surface area contributed by atoms with Crippen molar-refractivity contribution in [2.24, 2.45) is 0 Å². The number of carbonyl (C=O) groups excluding carboxylic acids is 1. The Hall–Kier alpha value is -3.64. The molecular weight excluding hydrogens is 576 g/mol. The third-order valence-electron chi connectivity index (χ3n) is 5.13. The summed E-state index contributed by atoms with van der Waals surface area (Å²) < 4.78 is 68.7. The smallest absolute Gasteiger partial charge is 0.261 e. The van der Waals surface area contributed by atoms with Gasteiger partial charge >= 0.3 is 0 Å².